The molecule has 6 nitrogen and oxygen atoms in total. The second kappa shape index (κ2) is 12.7. The highest BCUT2D eigenvalue weighted by molar-refractivity contribution is 6.04. The summed E-state index contributed by atoms with van der Waals surface area (Å²) in [6.45, 7) is 0.408. The van der Waals surface area contributed by atoms with E-state index in [2.05, 4.69) is 41.7 Å². The number of nitrogens with zero attached hydrogens (tertiary/aromatic N) is 1. The van der Waals surface area contributed by atoms with Crippen LogP contribution in [0.5, 0.6) is 0 Å². The van der Waals surface area contributed by atoms with Crippen LogP contribution in [0.4, 0.5) is 4.39 Å². The van der Waals surface area contributed by atoms with E-state index >= 15 is 4.39 Å². The predicted molar refractivity (Wildman–Crippen MR) is 174 cm³/mol. The van der Waals surface area contributed by atoms with Gasteiger partial charge in [0.05, 0.1) is 31.8 Å². The number of fused-ring (bicyclic) bond motifs is 1. The third kappa shape index (κ3) is 5.38. The van der Waals surface area contributed by atoms with Crippen molar-refractivity contribution in [2.75, 3.05) is 19.8 Å². The fourth-order valence-electron chi connectivity index (χ4n) is 6.62. The van der Waals surface area contributed by atoms with Crippen LogP contribution < -0.4 is 5.32 Å². The highest BCUT2D eigenvalue weighted by Crippen LogP contribution is 2.47. The second-order valence-electron chi connectivity index (χ2n) is 11.5. The van der Waals surface area contributed by atoms with E-state index in [1.54, 1.807) is 42.5 Å². The predicted octanol–water partition coefficient (Wildman–Crippen LogP) is 6.86. The first kappa shape index (κ1) is 29.6. The Morgan fingerprint density at radius 3 is 1.87 bits per heavy atom. The van der Waals surface area contributed by atoms with Crippen molar-refractivity contribution in [3.05, 3.63) is 179 Å². The first-order chi connectivity index (χ1) is 22.6. The number of aliphatic imine (C=N–C) groups is 1. The molecule has 5 aromatic carbocycles. The van der Waals surface area contributed by atoms with Crippen LogP contribution in [0, 0.1) is 11.7 Å². The molecule has 1 amide bonds. The van der Waals surface area contributed by atoms with Crippen molar-refractivity contribution in [3.63, 3.8) is 0 Å². The van der Waals surface area contributed by atoms with Crippen molar-refractivity contribution in [1.29, 1.82) is 0 Å². The summed E-state index contributed by atoms with van der Waals surface area (Å²) in [6, 6.07) is 45.8. The van der Waals surface area contributed by atoms with Crippen molar-refractivity contribution in [1.82, 2.24) is 5.32 Å². The molecular formula is C39H33FN2O4. The largest absolute Gasteiger partial charge is 0.464 e. The minimum atomic E-state index is -1.13. The molecule has 0 aliphatic carbocycles. The minimum Gasteiger partial charge on any atom is -0.464 e. The zero-order chi connectivity index (χ0) is 31.4. The third-order valence-electron chi connectivity index (χ3n) is 8.88. The minimum absolute atomic E-state index is 0.0331. The summed E-state index contributed by atoms with van der Waals surface area (Å²) in [7, 11) is 0. The van der Waals surface area contributed by atoms with Crippen molar-refractivity contribution in [2.24, 2.45) is 10.9 Å². The summed E-state index contributed by atoms with van der Waals surface area (Å²) in [5.41, 5.74) is 1.66. The summed E-state index contributed by atoms with van der Waals surface area (Å²) in [4.78, 5) is 17.9. The van der Waals surface area contributed by atoms with E-state index in [-0.39, 0.29) is 31.7 Å². The lowest BCUT2D eigenvalue weighted by Gasteiger charge is -2.39. The molecular weight excluding hydrogens is 579 g/mol. The molecule has 0 unspecified atom stereocenters. The molecule has 1 N–H and O–H groups in total. The van der Waals surface area contributed by atoms with Gasteiger partial charge >= 0.3 is 0 Å². The maximum atomic E-state index is 15.5. The van der Waals surface area contributed by atoms with Crippen molar-refractivity contribution < 1.29 is 23.4 Å². The van der Waals surface area contributed by atoms with Gasteiger partial charge < -0.3 is 14.2 Å². The van der Waals surface area contributed by atoms with E-state index in [9.17, 15) is 4.79 Å². The first-order valence-electron chi connectivity index (χ1n) is 15.4. The molecule has 1 fully saturated rings. The average Bonchev–Trinajstić information content (AvgIpc) is 3.49. The van der Waals surface area contributed by atoms with E-state index in [0.29, 0.717) is 11.1 Å². The Morgan fingerprint density at radius 2 is 1.30 bits per heavy atom. The van der Waals surface area contributed by atoms with Gasteiger partial charge in [0.2, 0.25) is 0 Å². The van der Waals surface area contributed by atoms with Gasteiger partial charge in [-0.1, -0.05) is 127 Å². The van der Waals surface area contributed by atoms with E-state index in [0.717, 1.165) is 16.7 Å². The Hall–Kier alpha value is -5.11. The molecule has 2 aliphatic heterocycles. The number of nitrogens with one attached hydrogen (secondary N) is 1. The molecule has 3 atom stereocenters. The zero-order valence-corrected chi connectivity index (χ0v) is 25.1. The van der Waals surface area contributed by atoms with Crippen LogP contribution in [0.2, 0.25) is 0 Å². The Balaban J connectivity index is 1.25. The zero-order valence-electron chi connectivity index (χ0n) is 25.1. The number of hydrogen-bond donors (Lipinski definition) is 1. The fourth-order valence-corrected chi connectivity index (χ4v) is 6.62. The van der Waals surface area contributed by atoms with Crippen LogP contribution in [0.15, 0.2) is 151 Å². The van der Waals surface area contributed by atoms with Gasteiger partial charge in [-0.05, 0) is 34.9 Å². The van der Waals surface area contributed by atoms with Gasteiger partial charge in [0.25, 0.3) is 11.9 Å². The van der Waals surface area contributed by atoms with E-state index < -0.39 is 29.0 Å². The molecule has 1 saturated heterocycles. The lowest BCUT2D eigenvalue weighted by molar-refractivity contribution is -0.0603. The van der Waals surface area contributed by atoms with Crippen molar-refractivity contribution >= 4 is 11.9 Å². The summed E-state index contributed by atoms with van der Waals surface area (Å²) in [5.74, 6) is -1.16. The van der Waals surface area contributed by atoms with Crippen LogP contribution in [0.3, 0.4) is 0 Å². The van der Waals surface area contributed by atoms with Gasteiger partial charge in [-0.3, -0.25) is 10.1 Å². The number of halogens is 1. The molecule has 7 heteroatoms. The SMILES string of the molecule is O=C(NC1=N[C@@]2(c3ccccc3F)CO[C@H](COC(c3ccccc3)(c3ccccc3)c3ccccc3)[C@H]2CO1)c1ccccc1. The molecule has 0 aromatic heterocycles. The average molecular weight is 613 g/mol. The Morgan fingerprint density at radius 1 is 0.783 bits per heavy atom. The molecule has 5 aromatic rings. The van der Waals surface area contributed by atoms with Crippen LogP contribution >= 0.6 is 0 Å². The number of benzene rings is 5. The van der Waals surface area contributed by atoms with Crippen molar-refractivity contribution in [2.45, 2.75) is 17.2 Å². The number of carbonyl (C=O) groups excluding carboxylic acids is 1. The summed E-state index contributed by atoms with van der Waals surface area (Å²) < 4.78 is 35.1. The Labute approximate surface area is 267 Å². The molecule has 46 heavy (non-hydrogen) atoms. The Bertz CT molecular complexity index is 1720. The number of ether oxygens (including phenoxy) is 3. The number of rotatable bonds is 8. The number of amides is 1. The van der Waals surface area contributed by atoms with Gasteiger partial charge in [0, 0.05) is 11.1 Å². The summed E-state index contributed by atoms with van der Waals surface area (Å²) >= 11 is 0. The smallest absolute Gasteiger partial charge is 0.292 e. The molecule has 0 bridgehead atoms. The Kier molecular flexibility index (Phi) is 8.18. The first-order valence-corrected chi connectivity index (χ1v) is 15.4. The topological polar surface area (TPSA) is 69.2 Å². The standard InChI is InChI=1S/C39H33FN2O4/c40-34-24-14-13-23-32(34)38-27-45-35(33(38)25-44-37(42-38)41-36(43)28-15-5-1-6-16-28)26-46-39(29-17-7-2-8-18-29,30-19-9-3-10-20-30)31-21-11-4-12-22-31/h1-24,33,35H,25-27H2,(H,41,42,43)/t33-,35-,38-/m1/s1. The summed E-state index contributed by atoms with van der Waals surface area (Å²) in [5, 5.41) is 2.78. The molecule has 0 radical (unpaired) electrons. The number of carbonyl (C=O) groups is 1. The van der Waals surface area contributed by atoms with Gasteiger partial charge in [-0.25, -0.2) is 9.38 Å². The van der Waals surface area contributed by atoms with E-state index in [1.165, 1.54) is 6.07 Å². The van der Waals surface area contributed by atoms with Crippen LogP contribution in [0.25, 0.3) is 0 Å². The van der Waals surface area contributed by atoms with E-state index in [4.69, 9.17) is 19.2 Å². The van der Waals surface area contributed by atoms with Gasteiger partial charge in [0.1, 0.15) is 17.0 Å². The number of amidine groups is 1. The molecule has 0 spiro atoms. The maximum absolute atomic E-state index is 15.5. The third-order valence-corrected chi connectivity index (χ3v) is 8.88. The van der Waals surface area contributed by atoms with Gasteiger partial charge in [-0.2, -0.15) is 0 Å². The highest BCUT2D eigenvalue weighted by Gasteiger charge is 2.56. The molecule has 2 aliphatic rings. The van der Waals surface area contributed by atoms with Crippen LogP contribution in [-0.2, 0) is 25.4 Å². The maximum Gasteiger partial charge on any atom is 0.292 e. The van der Waals surface area contributed by atoms with Crippen molar-refractivity contribution in [3.8, 4) is 0 Å². The molecule has 2 heterocycles. The normalized spacial score (nSPS) is 20.7. The lowest BCUT2D eigenvalue weighted by Crippen LogP contribution is -2.48. The summed E-state index contributed by atoms with van der Waals surface area (Å²) in [6.07, 6.45) is -0.495. The van der Waals surface area contributed by atoms with Gasteiger partial charge in [0.15, 0.2) is 0 Å². The molecule has 0 saturated carbocycles. The second-order valence-corrected chi connectivity index (χ2v) is 11.5. The monoisotopic (exact) mass is 612 g/mol. The molecule has 230 valence electrons. The lowest BCUT2D eigenvalue weighted by atomic mass is 9.77. The fraction of sp³-hybridized carbons (Fsp3) is 0.179. The van der Waals surface area contributed by atoms with E-state index in [1.807, 2.05) is 60.7 Å². The van der Waals surface area contributed by atoms with Gasteiger partial charge in [-0.15, -0.1) is 0 Å². The van der Waals surface area contributed by atoms with Crippen LogP contribution in [0.1, 0.15) is 32.6 Å². The number of hydrogen-bond acceptors (Lipinski definition) is 5. The van der Waals surface area contributed by atoms with Crippen LogP contribution in [-0.4, -0.2) is 37.9 Å². The highest BCUT2D eigenvalue weighted by atomic mass is 19.1. The quantitative estimate of drug-likeness (QED) is 0.195. The molecule has 7 rings (SSSR count).